The monoisotopic (exact) mass is 230 g/mol. The van der Waals surface area contributed by atoms with Crippen LogP contribution < -0.4 is 5.32 Å². The second-order valence-electron chi connectivity index (χ2n) is 4.12. The number of aromatic nitrogens is 1. The molecule has 0 spiro atoms. The molecule has 0 unspecified atom stereocenters. The number of aryl methyl sites for hydroxylation is 1. The first-order valence-corrected chi connectivity index (χ1v) is 6.06. The third-order valence-corrected chi connectivity index (χ3v) is 3.11. The molecular weight excluding hydrogens is 212 g/mol. The number of hydrogen-bond donors (Lipinski definition) is 1. The smallest absolute Gasteiger partial charge is 0.164 e. The van der Waals surface area contributed by atoms with Crippen molar-refractivity contribution in [2.45, 2.75) is 26.7 Å². The van der Waals surface area contributed by atoms with Crippen LogP contribution in [0.3, 0.4) is 0 Å². The summed E-state index contributed by atoms with van der Waals surface area (Å²) in [5, 5.41) is 3.14. The van der Waals surface area contributed by atoms with E-state index in [-0.39, 0.29) is 5.78 Å². The maximum atomic E-state index is 11.9. The molecule has 0 aliphatic carbocycles. The highest BCUT2D eigenvalue weighted by Gasteiger charge is 2.11. The quantitative estimate of drug-likeness (QED) is 0.819. The fourth-order valence-corrected chi connectivity index (χ4v) is 2.08. The predicted molar refractivity (Wildman–Crippen MR) is 70.9 cm³/mol. The summed E-state index contributed by atoms with van der Waals surface area (Å²) in [7, 11) is 1.89. The lowest BCUT2D eigenvalue weighted by Crippen LogP contribution is -2.03. The average Bonchev–Trinajstić information content (AvgIpc) is 2.80. The zero-order valence-corrected chi connectivity index (χ0v) is 10.6. The van der Waals surface area contributed by atoms with Crippen molar-refractivity contribution in [2.24, 2.45) is 0 Å². The Hall–Kier alpha value is -1.77. The van der Waals surface area contributed by atoms with Gasteiger partial charge in [-0.2, -0.15) is 0 Å². The molecule has 0 radical (unpaired) electrons. The Labute approximate surface area is 101 Å². The molecule has 0 saturated heterocycles. The molecule has 0 atom stereocenters. The maximum absolute atomic E-state index is 11.9. The SMILES string of the molecule is CCC(=O)c1ccc(NC)n2cc(CC)cc12. The van der Waals surface area contributed by atoms with Gasteiger partial charge in [-0.05, 0) is 30.2 Å². The number of nitrogens with zero attached hydrogens (tertiary/aromatic N) is 1. The highest BCUT2D eigenvalue weighted by molar-refractivity contribution is 6.02. The summed E-state index contributed by atoms with van der Waals surface area (Å²) in [6, 6.07) is 5.96. The van der Waals surface area contributed by atoms with Crippen LogP contribution in [-0.2, 0) is 6.42 Å². The number of pyridine rings is 1. The van der Waals surface area contributed by atoms with Crippen molar-refractivity contribution >= 4 is 17.1 Å². The van der Waals surface area contributed by atoms with Crippen LogP contribution in [0.1, 0.15) is 36.2 Å². The van der Waals surface area contributed by atoms with E-state index in [0.29, 0.717) is 6.42 Å². The number of Topliss-reactive ketones (excluding diaryl/α,β-unsaturated/α-hetero) is 1. The molecule has 17 heavy (non-hydrogen) atoms. The van der Waals surface area contributed by atoms with Crippen molar-refractivity contribution in [1.82, 2.24) is 4.40 Å². The number of hydrogen-bond acceptors (Lipinski definition) is 2. The lowest BCUT2D eigenvalue weighted by molar-refractivity contribution is 0.0989. The normalized spacial score (nSPS) is 10.8. The zero-order chi connectivity index (χ0) is 12.4. The molecule has 0 saturated carbocycles. The van der Waals surface area contributed by atoms with Crippen molar-refractivity contribution in [2.75, 3.05) is 12.4 Å². The Morgan fingerprint density at radius 3 is 2.71 bits per heavy atom. The first kappa shape index (κ1) is 11.7. The molecule has 0 bridgehead atoms. The van der Waals surface area contributed by atoms with Crippen molar-refractivity contribution < 1.29 is 4.79 Å². The molecule has 2 aromatic rings. The van der Waals surface area contributed by atoms with Gasteiger partial charge in [-0.25, -0.2) is 0 Å². The Morgan fingerprint density at radius 1 is 1.35 bits per heavy atom. The molecule has 2 rings (SSSR count). The number of ketones is 1. The Kier molecular flexibility index (Phi) is 3.18. The van der Waals surface area contributed by atoms with Crippen LogP contribution in [0.15, 0.2) is 24.4 Å². The van der Waals surface area contributed by atoms with Gasteiger partial charge in [0.2, 0.25) is 0 Å². The minimum atomic E-state index is 0.193. The van der Waals surface area contributed by atoms with Crippen LogP contribution in [0.2, 0.25) is 0 Å². The van der Waals surface area contributed by atoms with Crippen LogP contribution in [0, 0.1) is 0 Å². The lowest BCUT2D eigenvalue weighted by atomic mass is 10.1. The zero-order valence-electron chi connectivity index (χ0n) is 10.6. The van der Waals surface area contributed by atoms with E-state index in [4.69, 9.17) is 0 Å². The number of anilines is 1. The second kappa shape index (κ2) is 4.62. The molecular formula is C14H18N2O. The third-order valence-electron chi connectivity index (χ3n) is 3.11. The van der Waals surface area contributed by atoms with E-state index >= 15 is 0 Å². The number of nitrogens with one attached hydrogen (secondary N) is 1. The number of fused-ring (bicyclic) bond motifs is 1. The van der Waals surface area contributed by atoms with Crippen LogP contribution in [0.4, 0.5) is 5.82 Å². The predicted octanol–water partition coefficient (Wildman–Crippen LogP) is 3.14. The Balaban J connectivity index is 2.71. The van der Waals surface area contributed by atoms with Gasteiger partial charge < -0.3 is 9.72 Å². The van der Waals surface area contributed by atoms with Gasteiger partial charge in [0.05, 0.1) is 5.52 Å². The highest BCUT2D eigenvalue weighted by Crippen LogP contribution is 2.22. The van der Waals surface area contributed by atoms with Gasteiger partial charge in [0.15, 0.2) is 5.78 Å². The van der Waals surface area contributed by atoms with Crippen LogP contribution in [-0.4, -0.2) is 17.2 Å². The van der Waals surface area contributed by atoms with Crippen LogP contribution >= 0.6 is 0 Å². The summed E-state index contributed by atoms with van der Waals surface area (Å²) in [5.41, 5.74) is 3.06. The summed E-state index contributed by atoms with van der Waals surface area (Å²) in [6.45, 7) is 4.02. The first-order chi connectivity index (χ1) is 8.21. The van der Waals surface area contributed by atoms with Crippen molar-refractivity contribution in [1.29, 1.82) is 0 Å². The molecule has 90 valence electrons. The van der Waals surface area contributed by atoms with E-state index in [9.17, 15) is 4.79 Å². The van der Waals surface area contributed by atoms with Gasteiger partial charge in [-0.3, -0.25) is 4.79 Å². The molecule has 3 nitrogen and oxygen atoms in total. The molecule has 0 aromatic carbocycles. The summed E-state index contributed by atoms with van der Waals surface area (Å²) in [4.78, 5) is 11.9. The minimum absolute atomic E-state index is 0.193. The summed E-state index contributed by atoms with van der Waals surface area (Å²) < 4.78 is 2.06. The van der Waals surface area contributed by atoms with Crippen molar-refractivity contribution in [3.05, 3.63) is 35.5 Å². The molecule has 2 heterocycles. The largest absolute Gasteiger partial charge is 0.374 e. The van der Waals surface area contributed by atoms with Gasteiger partial charge in [0.25, 0.3) is 0 Å². The van der Waals surface area contributed by atoms with Crippen LogP contribution in [0.5, 0.6) is 0 Å². The third kappa shape index (κ3) is 1.93. The van der Waals surface area contributed by atoms with Gasteiger partial charge in [0.1, 0.15) is 5.82 Å². The Bertz CT molecular complexity index is 555. The fraction of sp³-hybridized carbons (Fsp3) is 0.357. The highest BCUT2D eigenvalue weighted by atomic mass is 16.1. The van der Waals surface area contributed by atoms with Gasteiger partial charge in [-0.1, -0.05) is 13.8 Å². The number of carbonyl (C=O) groups is 1. The second-order valence-corrected chi connectivity index (χ2v) is 4.12. The van der Waals surface area contributed by atoms with Crippen molar-refractivity contribution in [3.63, 3.8) is 0 Å². The summed E-state index contributed by atoms with van der Waals surface area (Å²) in [6.07, 6.45) is 3.61. The van der Waals surface area contributed by atoms with Crippen molar-refractivity contribution in [3.8, 4) is 0 Å². The molecule has 2 aromatic heterocycles. The van der Waals surface area contributed by atoms with Gasteiger partial charge in [-0.15, -0.1) is 0 Å². The van der Waals surface area contributed by atoms with E-state index in [0.717, 1.165) is 23.3 Å². The van der Waals surface area contributed by atoms with Gasteiger partial charge in [0, 0.05) is 25.2 Å². The first-order valence-electron chi connectivity index (χ1n) is 6.06. The topological polar surface area (TPSA) is 33.5 Å². The van der Waals surface area contributed by atoms with E-state index in [1.807, 2.05) is 26.1 Å². The molecule has 0 aliphatic rings. The fourth-order valence-electron chi connectivity index (χ4n) is 2.08. The molecule has 1 N–H and O–H groups in total. The molecule has 0 fully saturated rings. The van der Waals surface area contributed by atoms with Crippen LogP contribution in [0.25, 0.3) is 5.52 Å². The number of rotatable bonds is 4. The van der Waals surface area contributed by atoms with E-state index in [2.05, 4.69) is 28.9 Å². The summed E-state index contributed by atoms with van der Waals surface area (Å²) >= 11 is 0. The van der Waals surface area contributed by atoms with Gasteiger partial charge >= 0.3 is 0 Å². The standard InChI is InChI=1S/C14H18N2O/c1-4-10-8-12-11(13(17)5-2)6-7-14(15-3)16(12)9-10/h6-9,15H,4-5H2,1-3H3. The molecule has 0 amide bonds. The van der Waals surface area contributed by atoms with E-state index in [1.54, 1.807) is 0 Å². The minimum Gasteiger partial charge on any atom is -0.374 e. The molecule has 0 aliphatic heterocycles. The lowest BCUT2D eigenvalue weighted by Gasteiger charge is -2.08. The number of carbonyl (C=O) groups excluding carboxylic acids is 1. The summed E-state index contributed by atoms with van der Waals surface area (Å²) in [5.74, 6) is 1.20. The average molecular weight is 230 g/mol. The Morgan fingerprint density at radius 2 is 2.12 bits per heavy atom. The molecule has 3 heteroatoms. The van der Waals surface area contributed by atoms with E-state index < -0.39 is 0 Å². The van der Waals surface area contributed by atoms with E-state index in [1.165, 1.54) is 5.56 Å². The maximum Gasteiger partial charge on any atom is 0.164 e.